The van der Waals surface area contributed by atoms with Gasteiger partial charge in [0.1, 0.15) is 0 Å². The first-order valence-electron chi connectivity index (χ1n) is 10.6. The summed E-state index contributed by atoms with van der Waals surface area (Å²) in [5, 5.41) is 9.94. The molecule has 154 valence electrons. The van der Waals surface area contributed by atoms with Crippen LogP contribution in [0.5, 0.6) is 0 Å². The third-order valence-corrected chi connectivity index (χ3v) is 6.27. The Labute approximate surface area is 178 Å². The lowest BCUT2D eigenvalue weighted by atomic mass is 10.1. The zero-order valence-electron chi connectivity index (χ0n) is 16.9. The van der Waals surface area contributed by atoms with Gasteiger partial charge in [-0.2, -0.15) is 0 Å². The van der Waals surface area contributed by atoms with Crippen molar-refractivity contribution >= 4 is 29.5 Å². The van der Waals surface area contributed by atoms with Crippen molar-refractivity contribution in [2.45, 2.75) is 62.7 Å². The van der Waals surface area contributed by atoms with Crippen LogP contribution >= 0.6 is 11.8 Å². The number of aliphatic carboxylic acids is 1. The summed E-state index contributed by atoms with van der Waals surface area (Å²) in [4.78, 5) is 18.4. The van der Waals surface area contributed by atoms with Crippen molar-refractivity contribution in [2.75, 3.05) is 11.4 Å². The molecule has 1 N–H and O–H groups in total. The molecule has 1 aliphatic rings. The summed E-state index contributed by atoms with van der Waals surface area (Å²) in [5.74, 6) is -0.677. The summed E-state index contributed by atoms with van der Waals surface area (Å²) >= 11 is 1.85. The maximum absolute atomic E-state index is 10.5. The van der Waals surface area contributed by atoms with Gasteiger partial charge in [0.25, 0.3) is 0 Å². The average molecular weight is 411 g/mol. The molecule has 0 unspecified atom stereocenters. The Balaban J connectivity index is 1.43. The van der Waals surface area contributed by atoms with Gasteiger partial charge in [0, 0.05) is 30.3 Å². The minimum Gasteiger partial charge on any atom is -0.481 e. The molecule has 1 aliphatic heterocycles. The van der Waals surface area contributed by atoms with Crippen molar-refractivity contribution in [1.82, 2.24) is 4.98 Å². The van der Waals surface area contributed by atoms with E-state index >= 15 is 0 Å². The molecule has 2 aromatic rings. The van der Waals surface area contributed by atoms with E-state index in [9.17, 15) is 4.79 Å². The van der Waals surface area contributed by atoms with Gasteiger partial charge in [-0.15, -0.1) is 0 Å². The largest absolute Gasteiger partial charge is 0.481 e. The van der Waals surface area contributed by atoms with Gasteiger partial charge in [-0.25, -0.2) is 0 Å². The van der Waals surface area contributed by atoms with Crippen molar-refractivity contribution in [3.63, 3.8) is 0 Å². The zero-order chi connectivity index (χ0) is 20.3. The molecule has 0 bridgehead atoms. The maximum atomic E-state index is 10.5. The topological polar surface area (TPSA) is 53.4 Å². The highest BCUT2D eigenvalue weighted by Gasteiger charge is 2.24. The minimum atomic E-state index is -0.677. The van der Waals surface area contributed by atoms with Gasteiger partial charge in [0.05, 0.1) is 10.7 Å². The number of unbranched alkanes of at least 4 members (excludes halogenated alkanes) is 7. The van der Waals surface area contributed by atoms with Crippen LogP contribution in [-0.4, -0.2) is 22.6 Å². The van der Waals surface area contributed by atoms with Crippen LogP contribution in [-0.2, 0) is 4.79 Å². The number of hydrogen-bond donors (Lipinski definition) is 1. The van der Waals surface area contributed by atoms with Crippen LogP contribution in [0.1, 0.15) is 63.4 Å². The van der Waals surface area contributed by atoms with E-state index in [0.717, 1.165) is 25.8 Å². The number of para-hydroxylation sites is 1. The lowest BCUT2D eigenvalue weighted by Crippen LogP contribution is -2.18. The highest BCUT2D eigenvalue weighted by Crippen LogP contribution is 2.46. The predicted octanol–water partition coefficient (Wildman–Crippen LogP) is 6.59. The van der Waals surface area contributed by atoms with E-state index in [1.165, 1.54) is 53.3 Å². The normalized spacial score (nSPS) is 14.3. The Hall–Kier alpha value is -2.27. The molecule has 1 aromatic heterocycles. The van der Waals surface area contributed by atoms with E-state index < -0.39 is 5.97 Å². The van der Waals surface area contributed by atoms with Crippen molar-refractivity contribution in [3.05, 3.63) is 59.4 Å². The number of aromatic nitrogens is 1. The highest BCUT2D eigenvalue weighted by atomic mass is 32.2. The Bertz CT molecular complexity index is 808. The van der Waals surface area contributed by atoms with E-state index in [1.807, 2.05) is 36.3 Å². The summed E-state index contributed by atoms with van der Waals surface area (Å²) in [7, 11) is 0. The third-order valence-electron chi connectivity index (χ3n) is 5.16. The number of carboxylic acid groups (broad SMARTS) is 1. The van der Waals surface area contributed by atoms with Gasteiger partial charge < -0.3 is 10.0 Å². The number of fused-ring (bicyclic) bond motifs is 1. The predicted molar refractivity (Wildman–Crippen MR) is 121 cm³/mol. The molecule has 0 atom stereocenters. The van der Waals surface area contributed by atoms with E-state index in [4.69, 9.17) is 5.11 Å². The average Bonchev–Trinajstić information content (AvgIpc) is 3.07. The number of thioether (sulfide) groups is 1. The van der Waals surface area contributed by atoms with Crippen LogP contribution in [0.15, 0.2) is 58.7 Å². The number of benzene rings is 1. The lowest BCUT2D eigenvalue weighted by Gasteiger charge is -2.20. The van der Waals surface area contributed by atoms with Gasteiger partial charge in [0.2, 0.25) is 0 Å². The van der Waals surface area contributed by atoms with Crippen molar-refractivity contribution < 1.29 is 9.90 Å². The molecule has 2 heterocycles. The first-order valence-corrected chi connectivity index (χ1v) is 11.4. The van der Waals surface area contributed by atoms with Gasteiger partial charge in [-0.1, -0.05) is 62.4 Å². The van der Waals surface area contributed by atoms with Crippen LogP contribution in [0.4, 0.5) is 5.69 Å². The second kappa shape index (κ2) is 11.7. The number of rotatable bonds is 12. The number of hydrogen-bond acceptors (Lipinski definition) is 4. The smallest absolute Gasteiger partial charge is 0.303 e. The highest BCUT2D eigenvalue weighted by molar-refractivity contribution is 8.03. The standard InChI is InChI=1S/C24H30N2O2S/c27-24(28)13-7-5-3-1-2-4-6-10-18-26-21-11-8-9-12-22(21)29-23(26)19-20-14-16-25-17-15-20/h8-9,11-12,14-17,19H,1-7,10,13,18H2,(H,27,28). The quantitative estimate of drug-likeness (QED) is 0.400. The van der Waals surface area contributed by atoms with Crippen molar-refractivity contribution in [1.29, 1.82) is 0 Å². The second-order valence-electron chi connectivity index (χ2n) is 7.46. The summed E-state index contributed by atoms with van der Waals surface area (Å²) in [6, 6.07) is 12.7. The number of carboxylic acids is 1. The van der Waals surface area contributed by atoms with Gasteiger partial charge >= 0.3 is 5.97 Å². The van der Waals surface area contributed by atoms with Crippen molar-refractivity contribution in [2.24, 2.45) is 0 Å². The fourth-order valence-corrected chi connectivity index (χ4v) is 4.75. The molecular formula is C24H30N2O2S. The first-order chi connectivity index (χ1) is 14.2. The number of nitrogens with zero attached hydrogens (tertiary/aromatic N) is 2. The van der Waals surface area contributed by atoms with Gasteiger partial charge in [-0.05, 0) is 48.7 Å². The van der Waals surface area contributed by atoms with Crippen LogP contribution in [0, 0.1) is 0 Å². The molecule has 0 amide bonds. The Morgan fingerprint density at radius 3 is 2.31 bits per heavy atom. The number of pyridine rings is 1. The summed E-state index contributed by atoms with van der Waals surface area (Å²) in [5.41, 5.74) is 2.50. The summed E-state index contributed by atoms with van der Waals surface area (Å²) in [6.07, 6.45) is 15.4. The molecule has 29 heavy (non-hydrogen) atoms. The van der Waals surface area contributed by atoms with E-state index in [-0.39, 0.29) is 0 Å². The van der Waals surface area contributed by atoms with Crippen LogP contribution in [0.3, 0.4) is 0 Å². The monoisotopic (exact) mass is 410 g/mol. The minimum absolute atomic E-state index is 0.310. The Morgan fingerprint density at radius 2 is 1.59 bits per heavy atom. The molecule has 0 saturated carbocycles. The maximum Gasteiger partial charge on any atom is 0.303 e. The van der Waals surface area contributed by atoms with Crippen LogP contribution in [0.2, 0.25) is 0 Å². The fraction of sp³-hybridized carbons (Fsp3) is 0.417. The van der Waals surface area contributed by atoms with Gasteiger partial charge in [-0.3, -0.25) is 9.78 Å². The molecule has 3 rings (SSSR count). The molecule has 0 fully saturated rings. The molecule has 5 heteroatoms. The molecule has 1 aromatic carbocycles. The second-order valence-corrected chi connectivity index (χ2v) is 8.52. The number of anilines is 1. The van der Waals surface area contributed by atoms with Gasteiger partial charge in [0.15, 0.2) is 0 Å². The molecule has 0 saturated heterocycles. The van der Waals surface area contributed by atoms with E-state index in [1.54, 1.807) is 0 Å². The molecule has 0 radical (unpaired) electrons. The lowest BCUT2D eigenvalue weighted by molar-refractivity contribution is -0.137. The molecule has 0 aliphatic carbocycles. The molecule has 0 spiro atoms. The Morgan fingerprint density at radius 1 is 0.931 bits per heavy atom. The molecular weight excluding hydrogens is 380 g/mol. The SMILES string of the molecule is O=C(O)CCCCCCCCCCN1C(=Cc2ccncc2)Sc2ccccc21. The van der Waals surface area contributed by atoms with E-state index in [2.05, 4.69) is 40.2 Å². The first kappa shape index (κ1) is 21.4. The number of carbonyl (C=O) groups is 1. The van der Waals surface area contributed by atoms with Crippen LogP contribution in [0.25, 0.3) is 6.08 Å². The van der Waals surface area contributed by atoms with Crippen LogP contribution < -0.4 is 4.90 Å². The zero-order valence-corrected chi connectivity index (χ0v) is 17.7. The summed E-state index contributed by atoms with van der Waals surface area (Å²) < 4.78 is 0. The van der Waals surface area contributed by atoms with E-state index in [0.29, 0.717) is 6.42 Å². The fourth-order valence-electron chi connectivity index (χ4n) is 3.60. The van der Waals surface area contributed by atoms with Crippen molar-refractivity contribution in [3.8, 4) is 0 Å². The Kier molecular flexibility index (Phi) is 8.62. The molecule has 4 nitrogen and oxygen atoms in total. The third kappa shape index (κ3) is 6.93. The summed E-state index contributed by atoms with van der Waals surface area (Å²) in [6.45, 7) is 1.04.